The van der Waals surface area contributed by atoms with Gasteiger partial charge in [-0.05, 0) is 33.1 Å². The summed E-state index contributed by atoms with van der Waals surface area (Å²) < 4.78 is 16.4. The lowest BCUT2D eigenvalue weighted by Gasteiger charge is -2.24. The lowest BCUT2D eigenvalue weighted by atomic mass is 10.1. The molecule has 17 heavy (non-hydrogen) atoms. The molecule has 1 atom stereocenters. The van der Waals surface area contributed by atoms with Crippen molar-refractivity contribution >= 4 is 0 Å². The summed E-state index contributed by atoms with van der Waals surface area (Å²) in [5.74, 6) is 0. The third-order valence-corrected chi connectivity index (χ3v) is 3.17. The van der Waals surface area contributed by atoms with Crippen LogP contribution in [-0.2, 0) is 14.2 Å². The highest BCUT2D eigenvalue weighted by atomic mass is 16.5. The maximum absolute atomic E-state index is 5.83. The molecule has 1 saturated carbocycles. The third kappa shape index (κ3) is 6.99. The first-order chi connectivity index (χ1) is 8.07. The zero-order chi connectivity index (χ0) is 12.7. The molecule has 0 bridgehead atoms. The van der Waals surface area contributed by atoms with E-state index < -0.39 is 0 Å². The Morgan fingerprint density at radius 2 is 2.00 bits per heavy atom. The Hall–Kier alpha value is -0.160. The molecule has 0 radical (unpaired) electrons. The Kier molecular flexibility index (Phi) is 6.41. The van der Waals surface area contributed by atoms with Gasteiger partial charge in [-0.25, -0.2) is 0 Å². The monoisotopic (exact) mass is 245 g/mol. The van der Waals surface area contributed by atoms with Gasteiger partial charge in [0, 0.05) is 33.4 Å². The Morgan fingerprint density at radius 3 is 2.53 bits per heavy atom. The summed E-state index contributed by atoms with van der Waals surface area (Å²) in [6.45, 7) is 6.38. The molecule has 0 spiro atoms. The quantitative estimate of drug-likeness (QED) is 0.634. The largest absolute Gasteiger partial charge is 0.382 e. The van der Waals surface area contributed by atoms with Crippen LogP contribution >= 0.6 is 0 Å². The van der Waals surface area contributed by atoms with Gasteiger partial charge in [0.05, 0.1) is 18.3 Å². The first-order valence-electron chi connectivity index (χ1n) is 6.46. The van der Waals surface area contributed by atoms with Gasteiger partial charge in [0.1, 0.15) is 0 Å². The molecule has 0 amide bonds. The summed E-state index contributed by atoms with van der Waals surface area (Å²) >= 11 is 0. The predicted octanol–water partition coefficient (Wildman–Crippen LogP) is 1.59. The fourth-order valence-corrected chi connectivity index (χ4v) is 1.51. The summed E-state index contributed by atoms with van der Waals surface area (Å²) in [5.41, 5.74) is -0.110. The van der Waals surface area contributed by atoms with E-state index in [1.54, 1.807) is 14.2 Å². The Balaban J connectivity index is 2.13. The number of ether oxygens (including phenoxy) is 3. The van der Waals surface area contributed by atoms with Gasteiger partial charge in [-0.2, -0.15) is 0 Å². The van der Waals surface area contributed by atoms with Crippen LogP contribution in [0, 0.1) is 0 Å². The van der Waals surface area contributed by atoms with Crippen molar-refractivity contribution in [3.05, 3.63) is 0 Å². The molecule has 0 aromatic heterocycles. The first-order valence-corrected chi connectivity index (χ1v) is 6.46. The molecule has 4 heteroatoms. The number of hydrogen-bond donors (Lipinski definition) is 1. The van der Waals surface area contributed by atoms with Crippen LogP contribution in [0.25, 0.3) is 0 Å². The molecule has 0 aliphatic heterocycles. The first kappa shape index (κ1) is 14.9. The van der Waals surface area contributed by atoms with Crippen molar-refractivity contribution in [1.82, 2.24) is 5.32 Å². The number of rotatable bonds is 10. The summed E-state index contributed by atoms with van der Waals surface area (Å²) in [6.07, 6.45) is 3.65. The summed E-state index contributed by atoms with van der Waals surface area (Å²) in [7, 11) is 3.45. The average molecular weight is 245 g/mol. The van der Waals surface area contributed by atoms with Crippen LogP contribution < -0.4 is 5.32 Å². The highest BCUT2D eigenvalue weighted by Gasteiger charge is 2.22. The molecule has 1 rings (SSSR count). The predicted molar refractivity (Wildman–Crippen MR) is 68.3 cm³/mol. The maximum Gasteiger partial charge on any atom is 0.0932 e. The summed E-state index contributed by atoms with van der Waals surface area (Å²) in [4.78, 5) is 0. The molecular weight excluding hydrogens is 218 g/mol. The highest BCUT2D eigenvalue weighted by molar-refractivity contribution is 4.82. The lowest BCUT2D eigenvalue weighted by molar-refractivity contribution is -0.0433. The van der Waals surface area contributed by atoms with Crippen LogP contribution in [0.4, 0.5) is 0 Å². The number of hydrogen-bond acceptors (Lipinski definition) is 4. The SMILES string of the molecule is COCC(CNC1CC1)OCCC(C)(C)OC. The molecule has 4 nitrogen and oxygen atoms in total. The summed E-state index contributed by atoms with van der Waals surface area (Å²) in [5, 5.41) is 3.47. The fourth-order valence-electron chi connectivity index (χ4n) is 1.51. The van der Waals surface area contributed by atoms with Gasteiger partial charge in [-0.1, -0.05) is 0 Å². The molecule has 1 aliphatic rings. The van der Waals surface area contributed by atoms with Crippen LogP contribution in [0.5, 0.6) is 0 Å². The van der Waals surface area contributed by atoms with Crippen LogP contribution in [0.15, 0.2) is 0 Å². The van der Waals surface area contributed by atoms with E-state index in [0.29, 0.717) is 19.3 Å². The summed E-state index contributed by atoms with van der Waals surface area (Å²) in [6, 6.07) is 0.716. The van der Waals surface area contributed by atoms with Gasteiger partial charge in [0.15, 0.2) is 0 Å². The zero-order valence-corrected chi connectivity index (χ0v) is 11.6. The Labute approximate surface area is 105 Å². The van der Waals surface area contributed by atoms with Gasteiger partial charge in [0.25, 0.3) is 0 Å². The molecule has 1 fully saturated rings. The normalized spacial score (nSPS) is 18.4. The molecule has 0 saturated heterocycles. The van der Waals surface area contributed by atoms with Gasteiger partial charge < -0.3 is 19.5 Å². The van der Waals surface area contributed by atoms with Crippen LogP contribution in [0.1, 0.15) is 33.1 Å². The van der Waals surface area contributed by atoms with Crippen LogP contribution in [0.3, 0.4) is 0 Å². The zero-order valence-electron chi connectivity index (χ0n) is 11.6. The van der Waals surface area contributed by atoms with Crippen molar-refractivity contribution in [3.63, 3.8) is 0 Å². The molecular formula is C13H27NO3. The smallest absolute Gasteiger partial charge is 0.0932 e. The molecule has 1 aliphatic carbocycles. The second kappa shape index (κ2) is 7.31. The van der Waals surface area contributed by atoms with E-state index in [1.165, 1.54) is 12.8 Å². The van der Waals surface area contributed by atoms with Crippen LogP contribution in [-0.4, -0.2) is 51.7 Å². The van der Waals surface area contributed by atoms with E-state index in [9.17, 15) is 0 Å². The lowest BCUT2D eigenvalue weighted by Crippen LogP contribution is -2.35. The molecule has 1 N–H and O–H groups in total. The topological polar surface area (TPSA) is 39.7 Å². The van der Waals surface area contributed by atoms with Crippen molar-refractivity contribution in [2.45, 2.75) is 50.9 Å². The van der Waals surface area contributed by atoms with Gasteiger partial charge >= 0.3 is 0 Å². The van der Waals surface area contributed by atoms with Gasteiger partial charge in [-0.3, -0.25) is 0 Å². The van der Waals surface area contributed by atoms with E-state index in [2.05, 4.69) is 19.2 Å². The highest BCUT2D eigenvalue weighted by Crippen LogP contribution is 2.18. The number of methoxy groups -OCH3 is 2. The minimum Gasteiger partial charge on any atom is -0.382 e. The van der Waals surface area contributed by atoms with Crippen molar-refractivity contribution < 1.29 is 14.2 Å². The molecule has 0 heterocycles. The molecule has 0 aromatic carbocycles. The second-order valence-corrected chi connectivity index (χ2v) is 5.34. The average Bonchev–Trinajstić information content (AvgIpc) is 3.09. The van der Waals surface area contributed by atoms with Crippen molar-refractivity contribution in [2.24, 2.45) is 0 Å². The van der Waals surface area contributed by atoms with E-state index in [1.807, 2.05) is 0 Å². The Morgan fingerprint density at radius 1 is 1.29 bits per heavy atom. The van der Waals surface area contributed by atoms with E-state index >= 15 is 0 Å². The minimum atomic E-state index is -0.110. The van der Waals surface area contributed by atoms with Crippen molar-refractivity contribution in [3.8, 4) is 0 Å². The number of nitrogens with one attached hydrogen (secondary N) is 1. The fraction of sp³-hybridized carbons (Fsp3) is 1.00. The molecule has 102 valence electrons. The Bertz CT molecular complexity index is 205. The molecule has 0 aromatic rings. The van der Waals surface area contributed by atoms with Gasteiger partial charge in [0.2, 0.25) is 0 Å². The standard InChI is InChI=1S/C13H27NO3/c1-13(2,16-4)7-8-17-12(10-15-3)9-14-11-5-6-11/h11-12,14H,5-10H2,1-4H3. The second-order valence-electron chi connectivity index (χ2n) is 5.34. The molecule has 1 unspecified atom stereocenters. The van der Waals surface area contributed by atoms with Crippen LogP contribution in [0.2, 0.25) is 0 Å². The maximum atomic E-state index is 5.83. The minimum absolute atomic E-state index is 0.110. The van der Waals surface area contributed by atoms with Crippen molar-refractivity contribution in [2.75, 3.05) is 34.0 Å². The third-order valence-electron chi connectivity index (χ3n) is 3.17. The van der Waals surface area contributed by atoms with E-state index in [-0.39, 0.29) is 11.7 Å². The van der Waals surface area contributed by atoms with E-state index in [0.717, 1.165) is 13.0 Å². The van der Waals surface area contributed by atoms with Gasteiger partial charge in [-0.15, -0.1) is 0 Å². The van der Waals surface area contributed by atoms with E-state index in [4.69, 9.17) is 14.2 Å². The van der Waals surface area contributed by atoms with Crippen molar-refractivity contribution in [1.29, 1.82) is 0 Å².